The Balaban J connectivity index is 0.00000182. The van der Waals surface area contributed by atoms with Crippen molar-refractivity contribution >= 4 is 42.1 Å². The van der Waals surface area contributed by atoms with E-state index in [1.807, 2.05) is 19.2 Å². The number of halogens is 2. The standard InChI is InChI=1S/C19H26N4OS.2ClH/c1-21-9-6-14-7-10-23(11-8-14)12-17-13-25-19(22-17)16-4-2-15(3-5-16)18(20)24;;/h2-5,13-14,21H,6-12H2,1H3,(H2,20,24);2*1H. The molecular weight excluding hydrogens is 403 g/mol. The van der Waals surface area contributed by atoms with Gasteiger partial charge in [0.1, 0.15) is 5.01 Å². The number of nitrogens with zero attached hydrogens (tertiary/aromatic N) is 2. The minimum absolute atomic E-state index is 0. The number of carbonyl (C=O) groups is 1. The van der Waals surface area contributed by atoms with Crippen molar-refractivity contribution < 1.29 is 4.79 Å². The molecule has 2 heterocycles. The Morgan fingerprint density at radius 2 is 1.93 bits per heavy atom. The predicted molar refractivity (Wildman–Crippen MR) is 117 cm³/mol. The quantitative estimate of drug-likeness (QED) is 0.703. The monoisotopic (exact) mass is 430 g/mol. The van der Waals surface area contributed by atoms with Gasteiger partial charge in [-0.15, -0.1) is 36.2 Å². The summed E-state index contributed by atoms with van der Waals surface area (Å²) in [6, 6.07) is 7.34. The third-order valence-corrected chi connectivity index (χ3v) is 5.80. The highest BCUT2D eigenvalue weighted by Gasteiger charge is 2.19. The van der Waals surface area contributed by atoms with Crippen LogP contribution in [-0.2, 0) is 6.54 Å². The van der Waals surface area contributed by atoms with Gasteiger partial charge in [0.05, 0.1) is 5.69 Å². The van der Waals surface area contributed by atoms with Crippen molar-refractivity contribution in [3.63, 3.8) is 0 Å². The second kappa shape index (κ2) is 11.6. The first-order valence-electron chi connectivity index (χ1n) is 8.87. The number of amides is 1. The number of likely N-dealkylation sites (tertiary alicyclic amines) is 1. The Labute approximate surface area is 177 Å². The van der Waals surface area contributed by atoms with Crippen LogP contribution >= 0.6 is 36.2 Å². The fourth-order valence-corrected chi connectivity index (χ4v) is 4.12. The maximum absolute atomic E-state index is 11.2. The first-order chi connectivity index (χ1) is 12.2. The summed E-state index contributed by atoms with van der Waals surface area (Å²) in [4.78, 5) is 18.4. The van der Waals surface area contributed by atoms with Crippen molar-refractivity contribution in [1.29, 1.82) is 0 Å². The summed E-state index contributed by atoms with van der Waals surface area (Å²) in [6.45, 7) is 4.37. The van der Waals surface area contributed by atoms with Crippen LogP contribution in [0.15, 0.2) is 29.6 Å². The molecule has 1 aliphatic heterocycles. The third kappa shape index (κ3) is 6.73. The van der Waals surface area contributed by atoms with Gasteiger partial charge in [0.15, 0.2) is 0 Å². The van der Waals surface area contributed by atoms with Crippen LogP contribution in [0.2, 0.25) is 0 Å². The third-order valence-electron chi connectivity index (χ3n) is 4.86. The number of rotatable bonds is 7. The highest BCUT2D eigenvalue weighted by atomic mass is 35.5. The minimum Gasteiger partial charge on any atom is -0.366 e. The summed E-state index contributed by atoms with van der Waals surface area (Å²) in [6.07, 6.45) is 3.85. The minimum atomic E-state index is -0.399. The van der Waals surface area contributed by atoms with Gasteiger partial charge >= 0.3 is 0 Å². The van der Waals surface area contributed by atoms with Crippen LogP contribution in [0.25, 0.3) is 10.6 Å². The van der Waals surface area contributed by atoms with E-state index in [-0.39, 0.29) is 24.8 Å². The molecule has 27 heavy (non-hydrogen) atoms. The number of primary amides is 1. The van der Waals surface area contributed by atoms with Crippen LogP contribution in [0.4, 0.5) is 0 Å². The Hall–Kier alpha value is -1.18. The molecule has 0 bridgehead atoms. The maximum atomic E-state index is 11.2. The SMILES string of the molecule is CNCCC1CCN(Cc2csc(-c3ccc(C(N)=O)cc3)n2)CC1.Cl.Cl. The van der Waals surface area contributed by atoms with E-state index in [9.17, 15) is 4.79 Å². The van der Waals surface area contributed by atoms with Gasteiger partial charge in [-0.25, -0.2) is 4.98 Å². The zero-order chi connectivity index (χ0) is 17.6. The highest BCUT2D eigenvalue weighted by molar-refractivity contribution is 7.13. The number of piperidine rings is 1. The van der Waals surface area contributed by atoms with Crippen molar-refractivity contribution in [2.45, 2.75) is 25.8 Å². The summed E-state index contributed by atoms with van der Waals surface area (Å²) >= 11 is 1.65. The summed E-state index contributed by atoms with van der Waals surface area (Å²) in [5.41, 5.74) is 7.98. The second-order valence-corrected chi connectivity index (χ2v) is 7.56. The van der Waals surface area contributed by atoms with E-state index >= 15 is 0 Å². The van der Waals surface area contributed by atoms with Crippen LogP contribution < -0.4 is 11.1 Å². The van der Waals surface area contributed by atoms with E-state index in [4.69, 9.17) is 10.7 Å². The fourth-order valence-electron chi connectivity index (χ4n) is 3.30. The molecule has 1 fully saturated rings. The van der Waals surface area contributed by atoms with Gasteiger partial charge in [0, 0.05) is 23.1 Å². The zero-order valence-electron chi connectivity index (χ0n) is 15.5. The predicted octanol–water partition coefficient (Wildman–Crippen LogP) is 3.57. The molecule has 1 aromatic carbocycles. The van der Waals surface area contributed by atoms with Gasteiger partial charge in [-0.2, -0.15) is 0 Å². The molecular formula is C19H28Cl2N4OS. The van der Waals surface area contributed by atoms with Gasteiger partial charge in [0.25, 0.3) is 0 Å². The molecule has 5 nitrogen and oxygen atoms in total. The van der Waals surface area contributed by atoms with Crippen molar-refractivity contribution in [3.8, 4) is 10.6 Å². The number of aromatic nitrogens is 1. The zero-order valence-corrected chi connectivity index (χ0v) is 18.0. The molecule has 1 aromatic heterocycles. The second-order valence-electron chi connectivity index (χ2n) is 6.70. The Morgan fingerprint density at radius 3 is 2.52 bits per heavy atom. The molecule has 0 spiro atoms. The topological polar surface area (TPSA) is 71.2 Å². The summed E-state index contributed by atoms with van der Waals surface area (Å²) in [5.74, 6) is 0.461. The number of carbonyl (C=O) groups excluding carboxylic acids is 1. The van der Waals surface area contributed by atoms with Crippen molar-refractivity contribution in [1.82, 2.24) is 15.2 Å². The summed E-state index contributed by atoms with van der Waals surface area (Å²) in [7, 11) is 2.02. The molecule has 0 radical (unpaired) electrons. The van der Waals surface area contributed by atoms with Gasteiger partial charge in [-0.1, -0.05) is 12.1 Å². The molecule has 0 atom stereocenters. The van der Waals surface area contributed by atoms with Crippen molar-refractivity contribution in [2.24, 2.45) is 11.7 Å². The van der Waals surface area contributed by atoms with Crippen LogP contribution in [0.3, 0.4) is 0 Å². The molecule has 3 rings (SSSR count). The molecule has 1 amide bonds. The number of hydrogen-bond acceptors (Lipinski definition) is 5. The summed E-state index contributed by atoms with van der Waals surface area (Å²) in [5, 5.41) is 6.38. The Bertz CT molecular complexity index is 700. The lowest BCUT2D eigenvalue weighted by atomic mass is 9.93. The number of nitrogens with one attached hydrogen (secondary N) is 1. The molecule has 8 heteroatoms. The lowest BCUT2D eigenvalue weighted by Crippen LogP contribution is -2.34. The number of hydrogen-bond donors (Lipinski definition) is 2. The van der Waals surface area contributed by atoms with E-state index < -0.39 is 5.91 Å². The van der Waals surface area contributed by atoms with Gasteiger partial charge in [-0.05, 0) is 64.0 Å². The first kappa shape index (κ1) is 23.9. The average Bonchev–Trinajstić information content (AvgIpc) is 3.10. The normalized spacial score (nSPS) is 15.0. The Kier molecular flexibility index (Phi) is 10.3. The van der Waals surface area contributed by atoms with E-state index in [1.165, 1.54) is 19.3 Å². The molecule has 3 N–H and O–H groups in total. The number of benzene rings is 1. The lowest BCUT2D eigenvalue weighted by molar-refractivity contribution is 0.100. The van der Waals surface area contributed by atoms with Crippen LogP contribution in [0.1, 0.15) is 35.3 Å². The van der Waals surface area contributed by atoms with Gasteiger partial charge < -0.3 is 11.1 Å². The molecule has 2 aromatic rings. The molecule has 1 saturated heterocycles. The van der Waals surface area contributed by atoms with E-state index in [0.717, 1.165) is 48.4 Å². The van der Waals surface area contributed by atoms with Gasteiger partial charge in [-0.3, -0.25) is 9.69 Å². The first-order valence-corrected chi connectivity index (χ1v) is 9.75. The van der Waals surface area contributed by atoms with E-state index in [0.29, 0.717) is 5.56 Å². The van der Waals surface area contributed by atoms with Gasteiger partial charge in [0.2, 0.25) is 5.91 Å². The van der Waals surface area contributed by atoms with E-state index in [2.05, 4.69) is 15.6 Å². The molecule has 150 valence electrons. The average molecular weight is 431 g/mol. The molecule has 0 aliphatic carbocycles. The number of nitrogens with two attached hydrogens (primary N) is 1. The maximum Gasteiger partial charge on any atom is 0.248 e. The smallest absolute Gasteiger partial charge is 0.248 e. The van der Waals surface area contributed by atoms with Crippen molar-refractivity contribution in [2.75, 3.05) is 26.7 Å². The van der Waals surface area contributed by atoms with Crippen LogP contribution in [0.5, 0.6) is 0 Å². The summed E-state index contributed by atoms with van der Waals surface area (Å²) < 4.78 is 0. The molecule has 1 aliphatic rings. The largest absolute Gasteiger partial charge is 0.366 e. The Morgan fingerprint density at radius 1 is 1.26 bits per heavy atom. The van der Waals surface area contributed by atoms with E-state index in [1.54, 1.807) is 23.5 Å². The number of thiazole rings is 1. The lowest BCUT2D eigenvalue weighted by Gasteiger charge is -2.31. The van der Waals surface area contributed by atoms with Crippen LogP contribution in [-0.4, -0.2) is 42.5 Å². The molecule has 0 saturated carbocycles. The van der Waals surface area contributed by atoms with Crippen LogP contribution in [0, 0.1) is 5.92 Å². The van der Waals surface area contributed by atoms with Crippen molar-refractivity contribution in [3.05, 3.63) is 40.9 Å². The molecule has 0 unspecified atom stereocenters. The highest BCUT2D eigenvalue weighted by Crippen LogP contribution is 2.26. The fraction of sp³-hybridized carbons (Fsp3) is 0.474.